The number of amides is 1. The first kappa shape index (κ1) is 17.6. The van der Waals surface area contributed by atoms with Gasteiger partial charge in [0.2, 0.25) is 5.91 Å². The molecule has 0 bridgehead atoms. The van der Waals surface area contributed by atoms with E-state index in [4.69, 9.17) is 11.6 Å². The maximum atomic E-state index is 13.8. The number of benzene rings is 3. The quantitative estimate of drug-likeness (QED) is 0.687. The van der Waals surface area contributed by atoms with Gasteiger partial charge in [-0.3, -0.25) is 4.79 Å². The van der Waals surface area contributed by atoms with E-state index in [1.165, 1.54) is 12.1 Å². The van der Waals surface area contributed by atoms with Gasteiger partial charge in [-0.05, 0) is 47.0 Å². The Bertz CT molecular complexity index is 977. The maximum absolute atomic E-state index is 13.8. The SMILES string of the molecule is O=C(NCc1cccc(Cl)c1)C1Nc2ccc(F)cc2C1c1ccccc1. The van der Waals surface area contributed by atoms with Crippen molar-refractivity contribution in [3.63, 3.8) is 0 Å². The van der Waals surface area contributed by atoms with Crippen LogP contribution in [0.5, 0.6) is 0 Å². The first-order valence-corrected chi connectivity index (χ1v) is 9.13. The zero-order valence-electron chi connectivity index (χ0n) is 14.5. The Kier molecular flexibility index (Phi) is 4.82. The maximum Gasteiger partial charge on any atom is 0.243 e. The molecule has 0 saturated heterocycles. The first-order valence-electron chi connectivity index (χ1n) is 8.75. The van der Waals surface area contributed by atoms with Crippen LogP contribution in [0.1, 0.15) is 22.6 Å². The fourth-order valence-corrected chi connectivity index (χ4v) is 3.76. The van der Waals surface area contributed by atoms with Gasteiger partial charge in [-0.2, -0.15) is 0 Å². The predicted octanol–water partition coefficient (Wildman–Crippen LogP) is 4.72. The topological polar surface area (TPSA) is 41.1 Å². The minimum absolute atomic E-state index is 0.138. The molecule has 2 N–H and O–H groups in total. The molecule has 136 valence electrons. The molecule has 1 heterocycles. The second-order valence-corrected chi connectivity index (χ2v) is 7.03. The molecule has 2 atom stereocenters. The Labute approximate surface area is 162 Å². The molecular formula is C22H18ClFN2O. The second kappa shape index (κ2) is 7.41. The molecular weight excluding hydrogens is 363 g/mol. The van der Waals surface area contributed by atoms with Crippen molar-refractivity contribution < 1.29 is 9.18 Å². The lowest BCUT2D eigenvalue weighted by molar-refractivity contribution is -0.122. The van der Waals surface area contributed by atoms with Gasteiger partial charge in [0.25, 0.3) is 0 Å². The summed E-state index contributed by atoms with van der Waals surface area (Å²) in [5, 5.41) is 6.85. The summed E-state index contributed by atoms with van der Waals surface area (Å²) in [5.41, 5.74) is 3.48. The highest BCUT2D eigenvalue weighted by molar-refractivity contribution is 6.30. The van der Waals surface area contributed by atoms with E-state index in [0.29, 0.717) is 11.6 Å². The zero-order chi connectivity index (χ0) is 18.8. The van der Waals surface area contributed by atoms with Gasteiger partial charge in [-0.25, -0.2) is 4.39 Å². The Balaban J connectivity index is 1.60. The third-order valence-electron chi connectivity index (χ3n) is 4.79. The lowest BCUT2D eigenvalue weighted by atomic mass is 9.87. The zero-order valence-corrected chi connectivity index (χ0v) is 15.2. The van der Waals surface area contributed by atoms with E-state index in [0.717, 1.165) is 22.4 Å². The second-order valence-electron chi connectivity index (χ2n) is 6.59. The highest BCUT2D eigenvalue weighted by atomic mass is 35.5. The molecule has 2 unspecified atom stereocenters. The summed E-state index contributed by atoms with van der Waals surface area (Å²) in [6, 6.07) is 21.2. The van der Waals surface area contributed by atoms with Crippen LogP contribution in [-0.2, 0) is 11.3 Å². The van der Waals surface area contributed by atoms with E-state index in [2.05, 4.69) is 10.6 Å². The highest BCUT2D eigenvalue weighted by Gasteiger charge is 2.38. The average Bonchev–Trinajstić information content (AvgIpc) is 3.05. The van der Waals surface area contributed by atoms with Crippen molar-refractivity contribution in [1.82, 2.24) is 5.32 Å². The standard InChI is InChI=1S/C22H18ClFN2O/c23-16-8-4-5-14(11-16)13-25-22(27)21-20(15-6-2-1-3-7-15)18-12-17(24)9-10-19(18)26-21/h1-12,20-21,26H,13H2,(H,25,27). The molecule has 1 amide bonds. The summed E-state index contributed by atoms with van der Waals surface area (Å²) in [7, 11) is 0. The Morgan fingerprint density at radius 3 is 2.63 bits per heavy atom. The van der Waals surface area contributed by atoms with Crippen molar-refractivity contribution >= 4 is 23.2 Å². The molecule has 0 fully saturated rings. The minimum atomic E-state index is -0.511. The van der Waals surface area contributed by atoms with Crippen LogP contribution in [0.3, 0.4) is 0 Å². The first-order chi connectivity index (χ1) is 13.1. The van der Waals surface area contributed by atoms with E-state index in [-0.39, 0.29) is 17.6 Å². The Hall–Kier alpha value is -2.85. The fraction of sp³-hybridized carbons (Fsp3) is 0.136. The Morgan fingerprint density at radius 1 is 1.04 bits per heavy atom. The van der Waals surface area contributed by atoms with E-state index in [1.807, 2.05) is 48.5 Å². The van der Waals surface area contributed by atoms with E-state index < -0.39 is 6.04 Å². The van der Waals surface area contributed by atoms with E-state index in [9.17, 15) is 9.18 Å². The molecule has 1 aliphatic heterocycles. The molecule has 0 spiro atoms. The van der Waals surface area contributed by atoms with Gasteiger partial charge >= 0.3 is 0 Å². The Morgan fingerprint density at radius 2 is 1.85 bits per heavy atom. The number of hydrogen-bond donors (Lipinski definition) is 2. The summed E-state index contributed by atoms with van der Waals surface area (Å²) < 4.78 is 13.8. The van der Waals surface area contributed by atoms with Gasteiger partial charge in [-0.1, -0.05) is 54.1 Å². The fourth-order valence-electron chi connectivity index (χ4n) is 3.55. The van der Waals surface area contributed by atoms with E-state index in [1.54, 1.807) is 12.1 Å². The third kappa shape index (κ3) is 3.67. The van der Waals surface area contributed by atoms with Crippen LogP contribution in [0.25, 0.3) is 0 Å². The van der Waals surface area contributed by atoms with Crippen molar-refractivity contribution in [2.45, 2.75) is 18.5 Å². The van der Waals surface area contributed by atoms with Gasteiger partial charge in [0.05, 0.1) is 0 Å². The number of carbonyl (C=O) groups excluding carboxylic acids is 1. The van der Waals surface area contributed by atoms with Gasteiger partial charge in [-0.15, -0.1) is 0 Å². The molecule has 27 heavy (non-hydrogen) atoms. The number of carbonyl (C=O) groups is 1. The molecule has 3 nitrogen and oxygen atoms in total. The molecule has 0 aliphatic carbocycles. The molecule has 0 radical (unpaired) electrons. The van der Waals surface area contributed by atoms with Crippen molar-refractivity contribution in [3.05, 3.63) is 100 Å². The van der Waals surface area contributed by atoms with Crippen molar-refractivity contribution in [2.24, 2.45) is 0 Å². The minimum Gasteiger partial charge on any atom is -0.373 e. The number of fused-ring (bicyclic) bond motifs is 1. The highest BCUT2D eigenvalue weighted by Crippen LogP contribution is 2.40. The van der Waals surface area contributed by atoms with Gasteiger partial charge in [0.15, 0.2) is 0 Å². The van der Waals surface area contributed by atoms with Crippen LogP contribution >= 0.6 is 11.6 Å². The molecule has 0 saturated carbocycles. The molecule has 0 aromatic heterocycles. The predicted molar refractivity (Wildman–Crippen MR) is 105 cm³/mol. The number of halogens is 2. The smallest absolute Gasteiger partial charge is 0.243 e. The lowest BCUT2D eigenvalue weighted by Crippen LogP contribution is -2.40. The molecule has 4 rings (SSSR count). The van der Waals surface area contributed by atoms with Crippen molar-refractivity contribution in [3.8, 4) is 0 Å². The van der Waals surface area contributed by atoms with E-state index >= 15 is 0 Å². The van der Waals surface area contributed by atoms with Crippen LogP contribution in [0.2, 0.25) is 5.02 Å². The number of rotatable bonds is 4. The summed E-state index contributed by atoms with van der Waals surface area (Å²) in [5.74, 6) is -0.701. The number of anilines is 1. The van der Waals surface area contributed by atoms with Crippen LogP contribution in [-0.4, -0.2) is 11.9 Å². The van der Waals surface area contributed by atoms with Crippen molar-refractivity contribution in [2.75, 3.05) is 5.32 Å². The van der Waals surface area contributed by atoms with Crippen molar-refractivity contribution in [1.29, 1.82) is 0 Å². The lowest BCUT2D eigenvalue weighted by Gasteiger charge is -2.20. The largest absolute Gasteiger partial charge is 0.373 e. The van der Waals surface area contributed by atoms with Crippen LogP contribution in [0, 0.1) is 5.82 Å². The summed E-state index contributed by atoms with van der Waals surface area (Å²) in [4.78, 5) is 12.9. The number of hydrogen-bond acceptors (Lipinski definition) is 2. The van der Waals surface area contributed by atoms with Crippen LogP contribution in [0.15, 0.2) is 72.8 Å². The molecule has 3 aromatic rings. The van der Waals surface area contributed by atoms with Gasteiger partial charge in [0.1, 0.15) is 11.9 Å². The monoisotopic (exact) mass is 380 g/mol. The molecule has 3 aromatic carbocycles. The average molecular weight is 381 g/mol. The molecule has 1 aliphatic rings. The summed E-state index contributed by atoms with van der Waals surface area (Å²) in [6.45, 7) is 0.379. The third-order valence-corrected chi connectivity index (χ3v) is 5.03. The normalized spacial score (nSPS) is 17.9. The summed E-state index contributed by atoms with van der Waals surface area (Å²) in [6.07, 6.45) is 0. The van der Waals surface area contributed by atoms with Gasteiger partial charge < -0.3 is 10.6 Å². The van der Waals surface area contributed by atoms with Gasteiger partial charge in [0, 0.05) is 23.2 Å². The number of nitrogens with one attached hydrogen (secondary N) is 2. The van der Waals surface area contributed by atoms with Crippen LogP contribution in [0.4, 0.5) is 10.1 Å². The van der Waals surface area contributed by atoms with Crippen LogP contribution < -0.4 is 10.6 Å². The molecule has 5 heteroatoms. The summed E-state index contributed by atoms with van der Waals surface area (Å²) >= 11 is 6.01.